The summed E-state index contributed by atoms with van der Waals surface area (Å²) < 4.78 is 0. The Kier molecular flexibility index (Phi) is 56.2. The zero-order valence-corrected chi connectivity index (χ0v) is 44.3. The molecule has 0 spiro atoms. The first-order valence-electron chi connectivity index (χ1n) is 30.2. The number of nitrogens with one attached hydrogen (secondary N) is 1. The van der Waals surface area contributed by atoms with Gasteiger partial charge < -0.3 is 15.5 Å². The summed E-state index contributed by atoms with van der Waals surface area (Å²) in [5.41, 5.74) is 0. The van der Waals surface area contributed by atoms with E-state index in [1.165, 1.54) is 308 Å². The number of amides is 1. The molecule has 0 fully saturated rings. The number of unbranched alkanes of at least 4 members (excludes halogenated alkanes) is 50. The molecule has 0 radical (unpaired) electrons. The van der Waals surface area contributed by atoms with Gasteiger partial charge in [-0.25, -0.2) is 0 Å². The minimum absolute atomic E-state index is 0.0213. The molecule has 0 aromatic rings. The van der Waals surface area contributed by atoms with Crippen molar-refractivity contribution in [1.82, 2.24) is 5.32 Å². The van der Waals surface area contributed by atoms with Gasteiger partial charge in [-0.05, 0) is 12.8 Å². The van der Waals surface area contributed by atoms with Crippen LogP contribution in [0.4, 0.5) is 0 Å². The molecule has 4 nitrogen and oxygen atoms in total. The van der Waals surface area contributed by atoms with Crippen molar-refractivity contribution >= 4 is 5.91 Å². The minimum atomic E-state index is -0.655. The molecule has 0 aromatic heterocycles. The highest BCUT2D eigenvalue weighted by Gasteiger charge is 2.20. The van der Waals surface area contributed by atoms with Crippen molar-refractivity contribution in [3.8, 4) is 0 Å². The third-order valence-electron chi connectivity index (χ3n) is 14.6. The van der Waals surface area contributed by atoms with Gasteiger partial charge in [0.2, 0.25) is 5.91 Å². The predicted octanol–water partition coefficient (Wildman–Crippen LogP) is 19.9. The highest BCUT2D eigenvalue weighted by atomic mass is 16.3. The smallest absolute Gasteiger partial charge is 0.220 e. The Morgan fingerprint density at radius 3 is 0.703 bits per heavy atom. The van der Waals surface area contributed by atoms with Gasteiger partial charge >= 0.3 is 0 Å². The fraction of sp³-hybridized carbons (Fsp3) is 0.983. The van der Waals surface area contributed by atoms with Crippen LogP contribution in [0.3, 0.4) is 0 Å². The second kappa shape index (κ2) is 56.7. The van der Waals surface area contributed by atoms with E-state index in [1.54, 1.807) is 0 Å². The van der Waals surface area contributed by atoms with Crippen molar-refractivity contribution in [1.29, 1.82) is 0 Å². The normalized spacial score (nSPS) is 12.6. The van der Waals surface area contributed by atoms with Crippen molar-refractivity contribution in [3.05, 3.63) is 0 Å². The number of hydrogen-bond acceptors (Lipinski definition) is 3. The summed E-state index contributed by atoms with van der Waals surface area (Å²) in [6.45, 7) is 4.41. The average molecular weight is 905 g/mol. The molecular weight excluding hydrogens is 783 g/mol. The third-order valence-corrected chi connectivity index (χ3v) is 14.6. The van der Waals surface area contributed by atoms with Crippen LogP contribution in [0.1, 0.15) is 361 Å². The Hall–Kier alpha value is -0.610. The van der Waals surface area contributed by atoms with E-state index in [0.717, 1.165) is 25.7 Å². The molecule has 384 valence electrons. The lowest BCUT2D eigenvalue weighted by Crippen LogP contribution is -2.45. The van der Waals surface area contributed by atoms with Crippen LogP contribution in [0.5, 0.6) is 0 Å². The van der Waals surface area contributed by atoms with E-state index in [9.17, 15) is 15.0 Å². The lowest BCUT2D eigenvalue weighted by Gasteiger charge is -2.22. The number of carbonyl (C=O) groups excluding carboxylic acids is 1. The van der Waals surface area contributed by atoms with E-state index >= 15 is 0 Å². The molecule has 0 saturated carbocycles. The minimum Gasteiger partial charge on any atom is -0.394 e. The van der Waals surface area contributed by atoms with Crippen LogP contribution in [0.15, 0.2) is 0 Å². The maximum atomic E-state index is 12.5. The van der Waals surface area contributed by atoms with Crippen LogP contribution in [0.25, 0.3) is 0 Å². The first kappa shape index (κ1) is 63.4. The lowest BCUT2D eigenvalue weighted by atomic mass is 10.0. The number of rotatable bonds is 57. The van der Waals surface area contributed by atoms with E-state index in [-0.39, 0.29) is 12.5 Å². The van der Waals surface area contributed by atoms with Crippen LogP contribution in [0, 0.1) is 0 Å². The Balaban J connectivity index is 3.38. The van der Waals surface area contributed by atoms with Crippen molar-refractivity contribution in [2.24, 2.45) is 0 Å². The fourth-order valence-electron chi connectivity index (χ4n) is 10.0. The molecular formula is C60H121NO3. The van der Waals surface area contributed by atoms with Crippen molar-refractivity contribution in [2.45, 2.75) is 373 Å². The molecule has 4 heteroatoms. The van der Waals surface area contributed by atoms with Gasteiger partial charge in [0, 0.05) is 6.42 Å². The number of aliphatic hydroxyl groups excluding tert-OH is 2. The van der Waals surface area contributed by atoms with Crippen molar-refractivity contribution in [3.63, 3.8) is 0 Å². The highest BCUT2D eigenvalue weighted by Crippen LogP contribution is 2.19. The zero-order valence-electron chi connectivity index (χ0n) is 44.3. The summed E-state index contributed by atoms with van der Waals surface area (Å²) in [6.07, 6.45) is 72.6. The molecule has 3 N–H and O–H groups in total. The molecule has 0 bridgehead atoms. The first-order valence-corrected chi connectivity index (χ1v) is 30.2. The summed E-state index contributed by atoms with van der Waals surface area (Å²) in [4.78, 5) is 12.5. The molecule has 64 heavy (non-hydrogen) atoms. The van der Waals surface area contributed by atoms with Crippen molar-refractivity contribution < 1.29 is 15.0 Å². The van der Waals surface area contributed by atoms with Crippen LogP contribution in [-0.4, -0.2) is 34.9 Å². The molecule has 0 rings (SSSR count). The van der Waals surface area contributed by atoms with Gasteiger partial charge in [-0.1, -0.05) is 341 Å². The predicted molar refractivity (Wildman–Crippen MR) is 286 cm³/mol. The molecule has 0 aliphatic carbocycles. The number of hydrogen-bond donors (Lipinski definition) is 3. The second-order valence-corrected chi connectivity index (χ2v) is 21.1. The molecule has 2 atom stereocenters. The Labute approximate surface area is 404 Å². The van der Waals surface area contributed by atoms with Gasteiger partial charge in [0.15, 0.2) is 0 Å². The zero-order chi connectivity index (χ0) is 46.3. The van der Waals surface area contributed by atoms with E-state index < -0.39 is 12.1 Å². The maximum absolute atomic E-state index is 12.5. The summed E-state index contributed by atoms with van der Waals surface area (Å²) in [7, 11) is 0. The lowest BCUT2D eigenvalue weighted by molar-refractivity contribution is -0.123. The molecule has 2 unspecified atom stereocenters. The van der Waals surface area contributed by atoms with E-state index in [0.29, 0.717) is 12.8 Å². The second-order valence-electron chi connectivity index (χ2n) is 21.1. The quantitative estimate of drug-likeness (QED) is 0.0533. The number of carbonyl (C=O) groups is 1. The number of aliphatic hydroxyl groups is 2. The molecule has 0 aromatic carbocycles. The van der Waals surface area contributed by atoms with Crippen LogP contribution in [-0.2, 0) is 4.79 Å². The van der Waals surface area contributed by atoms with Gasteiger partial charge in [-0.3, -0.25) is 4.79 Å². The van der Waals surface area contributed by atoms with Gasteiger partial charge in [0.1, 0.15) is 0 Å². The van der Waals surface area contributed by atoms with Gasteiger partial charge in [0.25, 0.3) is 0 Å². The van der Waals surface area contributed by atoms with E-state index in [1.807, 2.05) is 0 Å². The van der Waals surface area contributed by atoms with E-state index in [4.69, 9.17) is 0 Å². The molecule has 1 amide bonds. The molecule has 0 heterocycles. The SMILES string of the molecule is CCCCCCCCCCCCCCCCCCCCCCCCCCCCCCCCC(O)C(CO)NC(=O)CCCCCCCCCCCCCCCCCCCCCCCC. The molecule has 0 aliphatic rings. The summed E-state index contributed by atoms with van der Waals surface area (Å²) in [5, 5.41) is 23.4. The Morgan fingerprint density at radius 1 is 0.312 bits per heavy atom. The van der Waals surface area contributed by atoms with Gasteiger partial charge in [-0.15, -0.1) is 0 Å². The Morgan fingerprint density at radius 2 is 0.500 bits per heavy atom. The summed E-state index contributed by atoms with van der Waals surface area (Å²) in [6, 6.07) is -0.532. The van der Waals surface area contributed by atoms with Crippen LogP contribution < -0.4 is 5.32 Å². The average Bonchev–Trinajstić information content (AvgIpc) is 3.30. The fourth-order valence-corrected chi connectivity index (χ4v) is 10.0. The standard InChI is InChI=1S/C60H121NO3/c1-3-5-7-9-11-13-15-17-19-21-23-25-27-28-29-30-31-32-33-34-35-37-39-41-43-45-47-49-51-53-55-59(63)58(57-62)61-60(64)56-54-52-50-48-46-44-42-40-38-36-26-24-22-20-18-16-14-12-10-8-6-4-2/h58-59,62-63H,3-57H2,1-2H3,(H,61,64). The first-order chi connectivity index (χ1) is 31.7. The monoisotopic (exact) mass is 904 g/mol. The van der Waals surface area contributed by atoms with Crippen LogP contribution in [0.2, 0.25) is 0 Å². The van der Waals surface area contributed by atoms with Crippen molar-refractivity contribution in [2.75, 3.05) is 6.61 Å². The molecule has 0 aliphatic heterocycles. The molecule has 0 saturated heterocycles. The van der Waals surface area contributed by atoms with Gasteiger partial charge in [0.05, 0.1) is 18.8 Å². The van der Waals surface area contributed by atoms with E-state index in [2.05, 4.69) is 19.2 Å². The highest BCUT2D eigenvalue weighted by molar-refractivity contribution is 5.76. The third kappa shape index (κ3) is 52.4. The van der Waals surface area contributed by atoms with Crippen LogP contribution >= 0.6 is 0 Å². The van der Waals surface area contributed by atoms with Gasteiger partial charge in [-0.2, -0.15) is 0 Å². The Bertz CT molecular complexity index is 849. The topological polar surface area (TPSA) is 69.6 Å². The largest absolute Gasteiger partial charge is 0.394 e. The maximum Gasteiger partial charge on any atom is 0.220 e. The summed E-state index contributed by atoms with van der Waals surface area (Å²) in [5.74, 6) is -0.0213. The summed E-state index contributed by atoms with van der Waals surface area (Å²) >= 11 is 0.